The van der Waals surface area contributed by atoms with E-state index in [1.54, 1.807) is 6.92 Å². The van der Waals surface area contributed by atoms with Crippen LogP contribution >= 0.6 is 0 Å². The van der Waals surface area contributed by atoms with Gasteiger partial charge in [-0.15, -0.1) is 0 Å². The van der Waals surface area contributed by atoms with Gasteiger partial charge in [-0.2, -0.15) is 0 Å². The van der Waals surface area contributed by atoms with Crippen LogP contribution in [0.4, 0.5) is 8.78 Å². The van der Waals surface area contributed by atoms with E-state index in [9.17, 15) is 24.3 Å². The van der Waals surface area contributed by atoms with Gasteiger partial charge in [0.25, 0.3) is 0 Å². The van der Waals surface area contributed by atoms with Gasteiger partial charge in [-0.3, -0.25) is 19.2 Å². The number of halogens is 2. The summed E-state index contributed by atoms with van der Waals surface area (Å²) in [5.41, 5.74) is -6.80. The molecule has 5 unspecified atom stereocenters. The molecule has 9 heteroatoms. The molecule has 0 heterocycles. The molecule has 34 heavy (non-hydrogen) atoms. The van der Waals surface area contributed by atoms with E-state index in [0.29, 0.717) is 0 Å². The lowest BCUT2D eigenvalue weighted by Crippen LogP contribution is -2.70. The Morgan fingerprint density at radius 3 is 2.47 bits per heavy atom. The van der Waals surface area contributed by atoms with Gasteiger partial charge in [-0.05, 0) is 56.3 Å². The highest BCUT2D eigenvalue weighted by atomic mass is 19.1. The maximum absolute atomic E-state index is 17.1. The van der Waals surface area contributed by atoms with Gasteiger partial charge in [-0.1, -0.05) is 13.0 Å². The summed E-state index contributed by atoms with van der Waals surface area (Å²) < 4.78 is 43.1. The molecular weight excluding hydrogens is 450 g/mol. The first-order valence-electron chi connectivity index (χ1n) is 11.6. The molecule has 186 valence electrons. The first-order valence-corrected chi connectivity index (χ1v) is 11.6. The second kappa shape index (κ2) is 7.80. The van der Waals surface area contributed by atoms with Gasteiger partial charge in [0, 0.05) is 30.6 Å². The van der Waals surface area contributed by atoms with Crippen LogP contribution in [0.2, 0.25) is 0 Å². The van der Waals surface area contributed by atoms with Crippen molar-refractivity contribution < 1.29 is 42.5 Å². The lowest BCUT2D eigenvalue weighted by molar-refractivity contribution is -0.228. The number of aliphatic hydroxyl groups is 1. The fourth-order valence-corrected chi connectivity index (χ4v) is 7.40. The van der Waals surface area contributed by atoms with Crippen LogP contribution in [0.3, 0.4) is 0 Å². The number of fused-ring (bicyclic) bond motifs is 5. The maximum atomic E-state index is 17.1. The number of hydrogen-bond donors (Lipinski definition) is 1. The highest BCUT2D eigenvalue weighted by Crippen LogP contribution is 2.70. The van der Waals surface area contributed by atoms with E-state index in [2.05, 4.69) is 0 Å². The molecule has 3 fully saturated rings. The lowest BCUT2D eigenvalue weighted by atomic mass is 9.44. The van der Waals surface area contributed by atoms with Crippen molar-refractivity contribution in [1.29, 1.82) is 0 Å². The van der Waals surface area contributed by atoms with Gasteiger partial charge >= 0.3 is 11.9 Å². The van der Waals surface area contributed by atoms with E-state index < -0.39 is 76.3 Å². The van der Waals surface area contributed by atoms with Crippen LogP contribution in [-0.2, 0) is 28.7 Å². The molecule has 4 aliphatic rings. The normalized spacial score (nSPS) is 44.9. The molecule has 0 saturated heterocycles. The summed E-state index contributed by atoms with van der Waals surface area (Å²) in [5.74, 6) is -4.11. The van der Waals surface area contributed by atoms with Crippen molar-refractivity contribution in [3.8, 4) is 0 Å². The Hall–Kier alpha value is -2.42. The summed E-state index contributed by atoms with van der Waals surface area (Å²) >= 11 is 0. The highest BCUT2D eigenvalue weighted by Gasteiger charge is 2.76. The topological polar surface area (TPSA) is 107 Å². The number of alkyl halides is 2. The Balaban J connectivity index is 1.81. The van der Waals surface area contributed by atoms with Crippen molar-refractivity contribution in [1.82, 2.24) is 0 Å². The van der Waals surface area contributed by atoms with Crippen molar-refractivity contribution in [2.45, 2.75) is 76.9 Å². The molecule has 0 aromatic heterocycles. The van der Waals surface area contributed by atoms with Crippen LogP contribution in [-0.4, -0.2) is 58.8 Å². The minimum atomic E-state index is -2.30. The minimum Gasteiger partial charge on any atom is -0.458 e. The first-order chi connectivity index (χ1) is 15.7. The van der Waals surface area contributed by atoms with Crippen LogP contribution in [0.1, 0.15) is 53.4 Å². The van der Waals surface area contributed by atoms with Crippen LogP contribution < -0.4 is 0 Å². The monoisotopic (exact) mass is 480 g/mol. The quantitative estimate of drug-likeness (QED) is 0.617. The molecule has 0 radical (unpaired) electrons. The predicted octanol–water partition coefficient (Wildman–Crippen LogP) is 2.74. The summed E-state index contributed by atoms with van der Waals surface area (Å²) in [7, 11) is 0. The second-order valence-corrected chi connectivity index (χ2v) is 10.5. The molecule has 0 spiro atoms. The van der Waals surface area contributed by atoms with Crippen LogP contribution in [0.25, 0.3) is 0 Å². The van der Waals surface area contributed by atoms with Crippen molar-refractivity contribution in [2.75, 3.05) is 6.61 Å². The predicted molar refractivity (Wildman–Crippen MR) is 115 cm³/mol. The Kier molecular flexibility index (Phi) is 5.66. The molecule has 0 amide bonds. The summed E-state index contributed by atoms with van der Waals surface area (Å²) in [6.07, 6.45) is 0.200. The summed E-state index contributed by atoms with van der Waals surface area (Å²) in [4.78, 5) is 48.7. The number of ether oxygens (including phenoxy) is 2. The molecule has 7 nitrogen and oxygen atoms in total. The molecule has 4 rings (SSSR count). The first kappa shape index (κ1) is 24.7. The molecule has 0 aromatic rings. The number of ketones is 2. The largest absolute Gasteiger partial charge is 0.458 e. The van der Waals surface area contributed by atoms with Crippen LogP contribution in [0, 0.1) is 22.7 Å². The van der Waals surface area contributed by atoms with Gasteiger partial charge in [0.1, 0.15) is 6.17 Å². The second-order valence-electron chi connectivity index (χ2n) is 10.5. The number of aliphatic hydroxyl groups excluding tert-OH is 1. The van der Waals surface area contributed by atoms with Crippen molar-refractivity contribution in [2.24, 2.45) is 22.7 Å². The zero-order valence-corrected chi connectivity index (χ0v) is 19.7. The number of carbonyl (C=O) groups excluding carboxylic acids is 4. The maximum Gasteiger partial charge on any atom is 0.303 e. The van der Waals surface area contributed by atoms with Gasteiger partial charge < -0.3 is 14.6 Å². The lowest BCUT2D eigenvalue weighted by Gasteiger charge is -2.63. The molecule has 8 atom stereocenters. The molecule has 4 aliphatic carbocycles. The third-order valence-electron chi connectivity index (χ3n) is 8.92. The van der Waals surface area contributed by atoms with Crippen LogP contribution in [0.5, 0.6) is 0 Å². The highest BCUT2D eigenvalue weighted by molar-refractivity contribution is 6.01. The third kappa shape index (κ3) is 3.08. The Bertz CT molecular complexity index is 1020. The smallest absolute Gasteiger partial charge is 0.303 e. The number of rotatable bonds is 4. The summed E-state index contributed by atoms with van der Waals surface area (Å²) in [6, 6.07) is 0. The average Bonchev–Trinajstić information content (AvgIpc) is 3.02. The number of carbonyl (C=O) groups is 4. The summed E-state index contributed by atoms with van der Waals surface area (Å²) in [5, 5.41) is 11.3. The molecule has 1 N–H and O–H groups in total. The van der Waals surface area contributed by atoms with E-state index >= 15 is 8.78 Å². The van der Waals surface area contributed by atoms with E-state index in [4.69, 9.17) is 9.47 Å². The van der Waals surface area contributed by atoms with E-state index in [1.165, 1.54) is 19.1 Å². The van der Waals surface area contributed by atoms with Crippen LogP contribution in [0.15, 0.2) is 23.8 Å². The Labute approximate surface area is 196 Å². The average molecular weight is 481 g/mol. The Morgan fingerprint density at radius 2 is 1.85 bits per heavy atom. The standard InChI is InChI=1S/C25H30F2O7/c1-13(28)33-12-21(32)24(34-14(2)29)8-6-16-17-10-19(26)18-9-15(30)5-7-22(18,3)25(17,27)20(31)11-23(16,24)4/h5,7,9,16-17,19-20,31H,6,8,10-12H2,1-4H3/t16?,17?,19-,20?,22?,23?,24-,25-/m0/s1. The third-order valence-corrected chi connectivity index (χ3v) is 8.92. The van der Waals surface area contributed by atoms with Gasteiger partial charge in [0.2, 0.25) is 5.78 Å². The molecule has 3 saturated carbocycles. The SMILES string of the molecule is CC(=O)OCC(=O)[C@@]1(OC(C)=O)CCC2C3C[C@H](F)C4=CC(=O)C=CC4(C)[C@@]3(F)C(O)CC21C. The minimum absolute atomic E-state index is 0.0107. The van der Waals surface area contributed by atoms with E-state index in [-0.39, 0.29) is 31.3 Å². The zero-order chi connectivity index (χ0) is 25.3. The fraction of sp³-hybridized carbons (Fsp3) is 0.680. The van der Waals surface area contributed by atoms with Gasteiger partial charge in [-0.25, -0.2) is 8.78 Å². The number of allylic oxidation sites excluding steroid dienone is 4. The van der Waals surface area contributed by atoms with Gasteiger partial charge in [0.05, 0.1) is 6.10 Å². The number of hydrogen-bond acceptors (Lipinski definition) is 7. The van der Waals surface area contributed by atoms with Crippen molar-refractivity contribution >= 4 is 23.5 Å². The number of Topliss-reactive ketones (excluding diaryl/α,β-unsaturated/α-hetero) is 1. The van der Waals surface area contributed by atoms with Crippen molar-refractivity contribution in [3.05, 3.63) is 23.8 Å². The zero-order valence-electron chi connectivity index (χ0n) is 19.7. The van der Waals surface area contributed by atoms with Crippen molar-refractivity contribution in [3.63, 3.8) is 0 Å². The fourth-order valence-electron chi connectivity index (χ4n) is 7.40. The van der Waals surface area contributed by atoms with E-state index in [1.807, 2.05) is 0 Å². The summed E-state index contributed by atoms with van der Waals surface area (Å²) in [6.45, 7) is 4.81. The van der Waals surface area contributed by atoms with Gasteiger partial charge in [0.15, 0.2) is 23.7 Å². The molecule has 0 aromatic carbocycles. The number of esters is 2. The molecule has 0 bridgehead atoms. The molecule has 0 aliphatic heterocycles. The Morgan fingerprint density at radius 1 is 1.18 bits per heavy atom. The van der Waals surface area contributed by atoms with E-state index in [0.717, 1.165) is 19.9 Å². The molecular formula is C25H30F2O7.